The van der Waals surface area contributed by atoms with Gasteiger partial charge < -0.3 is 9.30 Å². The third kappa shape index (κ3) is 2.86. The number of thiazole rings is 1. The topological polar surface area (TPSA) is 56.1 Å². The maximum absolute atomic E-state index is 5.84. The Morgan fingerprint density at radius 1 is 1.43 bits per heavy atom. The molecule has 21 heavy (non-hydrogen) atoms. The molecule has 0 aromatic carbocycles. The van der Waals surface area contributed by atoms with Gasteiger partial charge in [0.05, 0.1) is 17.3 Å². The van der Waals surface area contributed by atoms with Crippen LogP contribution in [0.1, 0.15) is 41.4 Å². The predicted molar refractivity (Wildman–Crippen MR) is 79.1 cm³/mol. The van der Waals surface area contributed by atoms with Crippen molar-refractivity contribution < 1.29 is 4.74 Å². The van der Waals surface area contributed by atoms with Crippen LogP contribution in [-0.2, 0) is 18.3 Å². The van der Waals surface area contributed by atoms with Gasteiger partial charge in [-0.25, -0.2) is 4.98 Å². The quantitative estimate of drug-likeness (QED) is 0.861. The van der Waals surface area contributed by atoms with Gasteiger partial charge >= 0.3 is 0 Å². The molecule has 0 radical (unpaired) electrons. The third-order valence-electron chi connectivity index (χ3n) is 4.07. The second kappa shape index (κ2) is 5.47. The molecule has 1 atom stereocenters. The zero-order valence-corrected chi connectivity index (χ0v) is 12.9. The summed E-state index contributed by atoms with van der Waals surface area (Å²) >= 11 is 1.81. The van der Waals surface area contributed by atoms with Crippen LogP contribution in [0.3, 0.4) is 0 Å². The molecular formula is C14H19N5OS. The lowest BCUT2D eigenvalue weighted by atomic mass is 10.2. The van der Waals surface area contributed by atoms with Gasteiger partial charge in [-0.3, -0.25) is 4.90 Å². The summed E-state index contributed by atoms with van der Waals surface area (Å²) in [4.78, 5) is 7.17. The number of aryl methyl sites for hydroxylation is 1. The molecule has 0 N–H and O–H groups in total. The van der Waals surface area contributed by atoms with Gasteiger partial charge in [0, 0.05) is 38.0 Å². The number of hydrogen-bond donors (Lipinski definition) is 0. The van der Waals surface area contributed by atoms with Crippen molar-refractivity contribution in [2.75, 3.05) is 19.7 Å². The van der Waals surface area contributed by atoms with Gasteiger partial charge in [0.2, 0.25) is 0 Å². The van der Waals surface area contributed by atoms with Crippen LogP contribution in [0, 0.1) is 0 Å². The molecule has 2 fully saturated rings. The monoisotopic (exact) mass is 305 g/mol. The first-order valence-corrected chi connectivity index (χ1v) is 8.29. The number of nitrogens with zero attached hydrogens (tertiary/aromatic N) is 5. The lowest BCUT2D eigenvalue weighted by molar-refractivity contribution is -0.0388. The molecule has 1 aliphatic heterocycles. The highest BCUT2D eigenvalue weighted by Gasteiger charge is 2.28. The number of hydrogen-bond acceptors (Lipinski definition) is 6. The molecule has 4 rings (SSSR count). The molecule has 1 saturated heterocycles. The summed E-state index contributed by atoms with van der Waals surface area (Å²) in [6.45, 7) is 3.44. The normalized spacial score (nSPS) is 23.6. The Hall–Kier alpha value is -1.31. The Balaban J connectivity index is 1.41. The molecule has 0 spiro atoms. The van der Waals surface area contributed by atoms with Crippen LogP contribution in [0.2, 0.25) is 0 Å². The number of morpholine rings is 1. The predicted octanol–water partition coefficient (Wildman–Crippen LogP) is 1.72. The van der Waals surface area contributed by atoms with E-state index in [2.05, 4.69) is 20.5 Å². The Kier molecular flexibility index (Phi) is 3.48. The van der Waals surface area contributed by atoms with Crippen LogP contribution in [0.4, 0.5) is 0 Å². The van der Waals surface area contributed by atoms with Crippen molar-refractivity contribution in [3.63, 3.8) is 0 Å². The number of ether oxygens (including phenoxy) is 1. The lowest BCUT2D eigenvalue weighted by Crippen LogP contribution is -2.38. The van der Waals surface area contributed by atoms with Crippen molar-refractivity contribution in [3.8, 4) is 0 Å². The van der Waals surface area contributed by atoms with Crippen molar-refractivity contribution in [1.29, 1.82) is 0 Å². The van der Waals surface area contributed by atoms with Crippen molar-refractivity contribution in [2.45, 2.75) is 31.4 Å². The summed E-state index contributed by atoms with van der Waals surface area (Å²) in [5, 5.41) is 11.6. The van der Waals surface area contributed by atoms with Crippen molar-refractivity contribution >= 4 is 11.3 Å². The molecule has 2 aromatic heterocycles. The average Bonchev–Trinajstić information content (AvgIpc) is 3.09. The molecule has 1 aliphatic carbocycles. The van der Waals surface area contributed by atoms with Crippen LogP contribution in [0.15, 0.2) is 11.7 Å². The van der Waals surface area contributed by atoms with Crippen LogP contribution in [-0.4, -0.2) is 44.3 Å². The van der Waals surface area contributed by atoms with E-state index in [-0.39, 0.29) is 6.10 Å². The van der Waals surface area contributed by atoms with Gasteiger partial charge in [0.1, 0.15) is 12.4 Å². The Morgan fingerprint density at radius 3 is 3.10 bits per heavy atom. The fourth-order valence-corrected chi connectivity index (χ4v) is 3.71. The Bertz CT molecular complexity index is 620. The molecule has 1 saturated carbocycles. The van der Waals surface area contributed by atoms with E-state index in [1.165, 1.54) is 23.5 Å². The molecule has 112 valence electrons. The SMILES string of the molecule is Cn1cnnc1[C@H]1CN(Cc2csc(C3CC3)n2)CCO1. The van der Waals surface area contributed by atoms with E-state index in [0.29, 0.717) is 0 Å². The molecule has 3 heterocycles. The molecule has 0 bridgehead atoms. The lowest BCUT2D eigenvalue weighted by Gasteiger charge is -2.31. The molecule has 6 nitrogen and oxygen atoms in total. The first kappa shape index (κ1) is 13.4. The second-order valence-corrected chi connectivity index (χ2v) is 6.74. The molecule has 0 amide bonds. The summed E-state index contributed by atoms with van der Waals surface area (Å²) < 4.78 is 7.77. The summed E-state index contributed by atoms with van der Waals surface area (Å²) in [5.41, 5.74) is 1.19. The average molecular weight is 305 g/mol. The largest absolute Gasteiger partial charge is 0.368 e. The molecule has 2 aliphatic rings. The summed E-state index contributed by atoms with van der Waals surface area (Å²) in [6.07, 6.45) is 4.37. The first-order chi connectivity index (χ1) is 10.3. The molecule has 0 unspecified atom stereocenters. The zero-order valence-electron chi connectivity index (χ0n) is 12.1. The second-order valence-electron chi connectivity index (χ2n) is 5.85. The fourth-order valence-electron chi connectivity index (χ4n) is 2.73. The maximum atomic E-state index is 5.84. The van der Waals surface area contributed by atoms with E-state index in [4.69, 9.17) is 9.72 Å². The van der Waals surface area contributed by atoms with Gasteiger partial charge in [-0.2, -0.15) is 0 Å². The standard InChI is InChI=1S/C14H19N5OS/c1-18-9-15-17-13(18)12-7-19(4-5-20-12)6-11-8-21-14(16-11)10-2-3-10/h8-10,12H,2-7H2,1H3/t12-/m1/s1. The fraction of sp³-hybridized carbons (Fsp3) is 0.643. The van der Waals surface area contributed by atoms with Crippen molar-refractivity contribution in [3.05, 3.63) is 28.2 Å². The minimum Gasteiger partial charge on any atom is -0.368 e. The highest BCUT2D eigenvalue weighted by atomic mass is 32.1. The van der Waals surface area contributed by atoms with Gasteiger partial charge in [-0.05, 0) is 12.8 Å². The van der Waals surface area contributed by atoms with E-state index in [1.807, 2.05) is 23.0 Å². The van der Waals surface area contributed by atoms with E-state index in [9.17, 15) is 0 Å². The van der Waals surface area contributed by atoms with E-state index < -0.39 is 0 Å². The van der Waals surface area contributed by atoms with Crippen LogP contribution in [0.25, 0.3) is 0 Å². The van der Waals surface area contributed by atoms with E-state index in [0.717, 1.165) is 38.0 Å². The maximum Gasteiger partial charge on any atom is 0.163 e. The minimum atomic E-state index is 0.00721. The summed E-state index contributed by atoms with van der Waals surface area (Å²) in [5.74, 6) is 1.65. The van der Waals surface area contributed by atoms with Gasteiger partial charge in [0.15, 0.2) is 5.82 Å². The Morgan fingerprint density at radius 2 is 2.33 bits per heavy atom. The Labute approximate surface area is 127 Å². The van der Waals surface area contributed by atoms with Crippen LogP contribution in [0.5, 0.6) is 0 Å². The zero-order chi connectivity index (χ0) is 14.2. The summed E-state index contributed by atoms with van der Waals surface area (Å²) in [6, 6.07) is 0. The number of aromatic nitrogens is 4. The molecule has 7 heteroatoms. The van der Waals surface area contributed by atoms with Crippen LogP contribution >= 0.6 is 11.3 Å². The molecule has 2 aromatic rings. The first-order valence-electron chi connectivity index (χ1n) is 7.42. The van der Waals surface area contributed by atoms with Gasteiger partial charge in [0.25, 0.3) is 0 Å². The minimum absolute atomic E-state index is 0.00721. The summed E-state index contributed by atoms with van der Waals surface area (Å²) in [7, 11) is 1.96. The van der Waals surface area contributed by atoms with E-state index in [1.54, 1.807) is 6.33 Å². The number of rotatable bonds is 4. The highest BCUT2D eigenvalue weighted by Crippen LogP contribution is 2.41. The highest BCUT2D eigenvalue weighted by molar-refractivity contribution is 7.09. The van der Waals surface area contributed by atoms with Crippen molar-refractivity contribution in [1.82, 2.24) is 24.6 Å². The third-order valence-corrected chi connectivity index (χ3v) is 5.12. The van der Waals surface area contributed by atoms with Crippen LogP contribution < -0.4 is 0 Å². The van der Waals surface area contributed by atoms with Gasteiger partial charge in [-0.15, -0.1) is 21.5 Å². The molecular weight excluding hydrogens is 286 g/mol. The van der Waals surface area contributed by atoms with Gasteiger partial charge in [-0.1, -0.05) is 0 Å². The smallest absolute Gasteiger partial charge is 0.163 e. The van der Waals surface area contributed by atoms with Crippen molar-refractivity contribution in [2.24, 2.45) is 7.05 Å². The van der Waals surface area contributed by atoms with E-state index >= 15 is 0 Å².